The molecule has 0 aliphatic carbocycles. The van der Waals surface area contributed by atoms with Crippen LogP contribution in [0.5, 0.6) is 0 Å². The maximum atomic E-state index is 13.1. The number of nitriles is 1. The number of hydrogen-bond acceptors (Lipinski definition) is 6. The number of benzene rings is 2. The Morgan fingerprint density at radius 3 is 2.44 bits per heavy atom. The number of nitrogens with one attached hydrogen (secondary N) is 1. The van der Waals surface area contributed by atoms with Crippen LogP contribution in [-0.2, 0) is 16.6 Å². The number of furan rings is 1. The van der Waals surface area contributed by atoms with Crippen molar-refractivity contribution in [2.75, 3.05) is 12.4 Å². The molecule has 0 fully saturated rings. The number of aromatic nitrogens is 2. The topological polar surface area (TPSA) is 119 Å². The van der Waals surface area contributed by atoms with Gasteiger partial charge in [-0.05, 0) is 37.3 Å². The van der Waals surface area contributed by atoms with Gasteiger partial charge in [-0.3, -0.25) is 14.3 Å². The zero-order valence-electron chi connectivity index (χ0n) is 19.8. The Morgan fingerprint density at radius 2 is 1.75 bits per heavy atom. The van der Waals surface area contributed by atoms with Gasteiger partial charge in [-0.2, -0.15) is 5.26 Å². The van der Waals surface area contributed by atoms with Crippen molar-refractivity contribution in [1.29, 1.82) is 5.26 Å². The van der Waals surface area contributed by atoms with Crippen molar-refractivity contribution in [3.05, 3.63) is 99.7 Å². The number of carbonyl (C=O) groups excluding carboxylic acids is 2. The minimum Gasteiger partial charge on any atom is -0.465 e. The molecule has 0 atom stereocenters. The molecule has 0 radical (unpaired) electrons. The zero-order chi connectivity index (χ0) is 25.8. The summed E-state index contributed by atoms with van der Waals surface area (Å²) >= 11 is 0. The van der Waals surface area contributed by atoms with Crippen LogP contribution in [0.15, 0.2) is 81.5 Å². The third-order valence-corrected chi connectivity index (χ3v) is 5.67. The van der Waals surface area contributed by atoms with E-state index in [1.165, 1.54) is 17.9 Å². The van der Waals surface area contributed by atoms with E-state index in [1.807, 2.05) is 12.1 Å². The summed E-state index contributed by atoms with van der Waals surface area (Å²) in [5.41, 5.74) is 1.37. The molecule has 0 unspecified atom stereocenters. The van der Waals surface area contributed by atoms with Crippen LogP contribution < -0.4 is 10.9 Å². The van der Waals surface area contributed by atoms with Crippen molar-refractivity contribution in [3.8, 4) is 23.1 Å². The van der Waals surface area contributed by atoms with Crippen LogP contribution in [0.4, 0.5) is 5.69 Å². The smallest absolute Gasteiger partial charge is 0.338 e. The molecule has 9 heteroatoms. The first-order chi connectivity index (χ1) is 17.3. The van der Waals surface area contributed by atoms with Gasteiger partial charge < -0.3 is 14.5 Å². The monoisotopic (exact) mass is 482 g/mol. The largest absolute Gasteiger partial charge is 0.465 e. The number of esters is 1. The van der Waals surface area contributed by atoms with Crippen LogP contribution in [0, 0.1) is 18.3 Å². The molecular formula is C27H22N4O5. The average Bonchev–Trinajstić information content (AvgIpc) is 3.45. The van der Waals surface area contributed by atoms with E-state index in [0.29, 0.717) is 28.3 Å². The summed E-state index contributed by atoms with van der Waals surface area (Å²) in [6.07, 6.45) is 1.27. The molecular weight excluding hydrogens is 460 g/mol. The Morgan fingerprint density at radius 1 is 1.06 bits per heavy atom. The molecule has 4 rings (SSSR count). The fourth-order valence-corrected chi connectivity index (χ4v) is 3.75. The van der Waals surface area contributed by atoms with E-state index in [0.717, 1.165) is 0 Å². The molecule has 0 saturated heterocycles. The van der Waals surface area contributed by atoms with Crippen LogP contribution >= 0.6 is 0 Å². The number of methoxy groups -OCH3 is 1. The molecule has 36 heavy (non-hydrogen) atoms. The quantitative estimate of drug-likeness (QED) is 0.251. The molecule has 0 spiro atoms. The summed E-state index contributed by atoms with van der Waals surface area (Å²) < 4.78 is 13.7. The van der Waals surface area contributed by atoms with Crippen molar-refractivity contribution in [2.45, 2.75) is 6.92 Å². The van der Waals surface area contributed by atoms with Crippen molar-refractivity contribution in [2.24, 2.45) is 7.05 Å². The number of para-hydroxylation sites is 1. The fourth-order valence-electron chi connectivity index (χ4n) is 3.75. The normalized spacial score (nSPS) is 11.1. The van der Waals surface area contributed by atoms with Crippen LogP contribution in [0.1, 0.15) is 21.8 Å². The maximum Gasteiger partial charge on any atom is 0.338 e. The Bertz CT molecular complexity index is 1580. The van der Waals surface area contributed by atoms with E-state index in [-0.39, 0.29) is 17.0 Å². The standard InChI is InChI=1S/C27H22N4O5/c1-17-24(26(33)31(30(17)2)19-9-5-4-6-10-19)29-25(32)18(16-28)15-20-13-14-23(36-20)21-11-7-8-12-22(21)27(34)35-3/h4-15H,1-3H3,(H,29,32)/b18-15+. The van der Waals surface area contributed by atoms with E-state index in [9.17, 15) is 19.6 Å². The highest BCUT2D eigenvalue weighted by Crippen LogP contribution is 2.27. The first kappa shape index (κ1) is 24.0. The molecule has 1 amide bonds. The molecule has 0 bridgehead atoms. The van der Waals surface area contributed by atoms with Gasteiger partial charge in [-0.15, -0.1) is 0 Å². The predicted octanol–water partition coefficient (Wildman–Crippen LogP) is 4.08. The fraction of sp³-hybridized carbons (Fsp3) is 0.111. The van der Waals surface area contributed by atoms with Crippen molar-refractivity contribution >= 4 is 23.6 Å². The SMILES string of the molecule is COC(=O)c1ccccc1-c1ccc(/C=C(\C#N)C(=O)Nc2c(C)n(C)n(-c3ccccc3)c2=O)o1. The number of anilines is 1. The van der Waals surface area contributed by atoms with Crippen molar-refractivity contribution in [3.63, 3.8) is 0 Å². The lowest BCUT2D eigenvalue weighted by molar-refractivity contribution is -0.112. The number of carbonyl (C=O) groups is 2. The van der Waals surface area contributed by atoms with Crippen molar-refractivity contribution in [1.82, 2.24) is 9.36 Å². The molecule has 2 aromatic carbocycles. The molecule has 2 heterocycles. The van der Waals surface area contributed by atoms with Gasteiger partial charge in [-0.25, -0.2) is 9.48 Å². The van der Waals surface area contributed by atoms with Crippen LogP contribution in [-0.4, -0.2) is 28.3 Å². The minimum atomic E-state index is -0.753. The first-order valence-electron chi connectivity index (χ1n) is 10.9. The lowest BCUT2D eigenvalue weighted by atomic mass is 10.1. The molecule has 4 aromatic rings. The summed E-state index contributed by atoms with van der Waals surface area (Å²) in [5.74, 6) is -0.681. The summed E-state index contributed by atoms with van der Waals surface area (Å²) in [6.45, 7) is 1.70. The van der Waals surface area contributed by atoms with Gasteiger partial charge in [0.1, 0.15) is 28.9 Å². The molecule has 2 aromatic heterocycles. The molecule has 1 N–H and O–H groups in total. The lowest BCUT2D eigenvalue weighted by Gasteiger charge is -2.07. The number of amides is 1. The predicted molar refractivity (Wildman–Crippen MR) is 133 cm³/mol. The first-order valence-corrected chi connectivity index (χ1v) is 10.9. The Kier molecular flexibility index (Phi) is 6.70. The summed E-state index contributed by atoms with van der Waals surface area (Å²) in [7, 11) is 2.99. The highest BCUT2D eigenvalue weighted by molar-refractivity contribution is 6.09. The molecule has 9 nitrogen and oxygen atoms in total. The third kappa shape index (κ3) is 4.48. The van der Waals surface area contributed by atoms with E-state index >= 15 is 0 Å². The van der Waals surface area contributed by atoms with Gasteiger partial charge in [-0.1, -0.05) is 36.4 Å². The Labute approximate surface area is 206 Å². The molecule has 0 aliphatic heterocycles. The number of hydrogen-bond donors (Lipinski definition) is 1. The van der Waals surface area contributed by atoms with Gasteiger partial charge in [0, 0.05) is 18.7 Å². The Hall–Kier alpha value is -5.10. The lowest BCUT2D eigenvalue weighted by Crippen LogP contribution is -2.23. The number of nitrogens with zero attached hydrogens (tertiary/aromatic N) is 3. The highest BCUT2D eigenvalue weighted by Gasteiger charge is 2.21. The van der Waals surface area contributed by atoms with Crippen LogP contribution in [0.25, 0.3) is 23.1 Å². The second-order valence-electron chi connectivity index (χ2n) is 7.80. The summed E-state index contributed by atoms with van der Waals surface area (Å²) in [5, 5.41) is 12.2. The Balaban J connectivity index is 1.63. The zero-order valence-corrected chi connectivity index (χ0v) is 19.8. The van der Waals surface area contributed by atoms with Crippen LogP contribution in [0.3, 0.4) is 0 Å². The molecule has 0 saturated carbocycles. The van der Waals surface area contributed by atoms with E-state index in [2.05, 4.69) is 5.32 Å². The summed E-state index contributed by atoms with van der Waals surface area (Å²) in [6, 6.07) is 20.8. The van der Waals surface area contributed by atoms with Gasteiger partial charge in [0.25, 0.3) is 11.5 Å². The van der Waals surface area contributed by atoms with E-state index < -0.39 is 17.4 Å². The van der Waals surface area contributed by atoms with Gasteiger partial charge in [0.15, 0.2) is 0 Å². The third-order valence-electron chi connectivity index (χ3n) is 5.67. The second-order valence-corrected chi connectivity index (χ2v) is 7.80. The minimum absolute atomic E-state index is 0.0691. The average molecular weight is 482 g/mol. The highest BCUT2D eigenvalue weighted by atomic mass is 16.5. The molecule has 0 aliphatic rings. The summed E-state index contributed by atoms with van der Waals surface area (Å²) in [4.78, 5) is 38.0. The van der Waals surface area contributed by atoms with E-state index in [4.69, 9.17) is 9.15 Å². The molecule has 180 valence electrons. The maximum absolute atomic E-state index is 13.1. The van der Waals surface area contributed by atoms with Crippen LogP contribution in [0.2, 0.25) is 0 Å². The second kappa shape index (κ2) is 10.0. The van der Waals surface area contributed by atoms with Crippen molar-refractivity contribution < 1.29 is 18.7 Å². The van der Waals surface area contributed by atoms with E-state index in [1.54, 1.807) is 79.3 Å². The number of rotatable bonds is 6. The number of ether oxygens (including phenoxy) is 1. The van der Waals surface area contributed by atoms with Gasteiger partial charge in [0.05, 0.1) is 24.1 Å². The van der Waals surface area contributed by atoms with Gasteiger partial charge >= 0.3 is 5.97 Å². The van der Waals surface area contributed by atoms with Gasteiger partial charge in [0.2, 0.25) is 0 Å².